The van der Waals surface area contributed by atoms with E-state index in [1.165, 1.54) is 0 Å². The summed E-state index contributed by atoms with van der Waals surface area (Å²) < 4.78 is 0. The molecule has 2 nitrogen and oxygen atoms in total. The third kappa shape index (κ3) is 2.12. The van der Waals surface area contributed by atoms with E-state index in [-0.39, 0.29) is 0 Å². The molecule has 1 unspecified atom stereocenters. The summed E-state index contributed by atoms with van der Waals surface area (Å²) in [6.45, 7) is 4.32. The number of halogens is 1. The Morgan fingerprint density at radius 3 is 2.94 bits per heavy atom. The van der Waals surface area contributed by atoms with Crippen molar-refractivity contribution in [2.45, 2.75) is 26.3 Å². The van der Waals surface area contributed by atoms with Crippen molar-refractivity contribution in [1.82, 2.24) is 4.98 Å². The topological polar surface area (TPSA) is 24.9 Å². The summed E-state index contributed by atoms with van der Waals surface area (Å²) in [6, 6.07) is 8.32. The number of rotatable bonds is 3. The Hall–Kier alpha value is -1.28. The molecule has 16 heavy (non-hydrogen) atoms. The number of fused-ring (bicyclic) bond motifs is 1. The molecule has 0 bridgehead atoms. The molecule has 0 amide bonds. The lowest BCUT2D eigenvalue weighted by Gasteiger charge is -2.15. The molecule has 1 aromatic heterocycles. The molecule has 0 radical (unpaired) electrons. The van der Waals surface area contributed by atoms with Gasteiger partial charge < -0.3 is 5.32 Å². The van der Waals surface area contributed by atoms with Gasteiger partial charge in [-0.1, -0.05) is 18.5 Å². The van der Waals surface area contributed by atoms with Gasteiger partial charge in [-0.2, -0.15) is 0 Å². The summed E-state index contributed by atoms with van der Waals surface area (Å²) in [5.41, 5.74) is 1.96. The van der Waals surface area contributed by atoms with E-state index in [1.54, 1.807) is 6.20 Å². The molecule has 2 rings (SSSR count). The first-order chi connectivity index (χ1) is 7.72. The molecule has 0 aliphatic carbocycles. The molecule has 0 fully saturated rings. The highest BCUT2D eigenvalue weighted by molar-refractivity contribution is 6.35. The molecule has 0 aliphatic rings. The molecule has 1 atom stereocenters. The predicted octanol–water partition coefficient (Wildman–Crippen LogP) is 4.10. The Kier molecular flexibility index (Phi) is 3.30. The lowest BCUT2D eigenvalue weighted by molar-refractivity contribution is 0.765. The van der Waals surface area contributed by atoms with Gasteiger partial charge in [-0.25, -0.2) is 0 Å². The number of hydrogen-bond donors (Lipinski definition) is 1. The number of benzene rings is 1. The first-order valence-electron chi connectivity index (χ1n) is 5.52. The zero-order valence-electron chi connectivity index (χ0n) is 9.50. The van der Waals surface area contributed by atoms with Crippen LogP contribution in [0.3, 0.4) is 0 Å². The Balaban J connectivity index is 2.50. The van der Waals surface area contributed by atoms with Gasteiger partial charge in [-0.3, -0.25) is 4.98 Å². The number of nitrogens with zero attached hydrogens (tertiary/aromatic N) is 1. The Bertz CT molecular complexity index is 496. The van der Waals surface area contributed by atoms with Crippen LogP contribution < -0.4 is 5.32 Å². The fraction of sp³-hybridized carbons (Fsp3) is 0.308. The zero-order valence-corrected chi connectivity index (χ0v) is 10.3. The van der Waals surface area contributed by atoms with E-state index < -0.39 is 0 Å². The maximum Gasteiger partial charge on any atom is 0.0908 e. The molecule has 0 saturated heterocycles. The first-order valence-corrected chi connectivity index (χ1v) is 5.90. The van der Waals surface area contributed by atoms with Gasteiger partial charge in [-0.15, -0.1) is 0 Å². The van der Waals surface area contributed by atoms with Crippen LogP contribution >= 0.6 is 11.6 Å². The normalized spacial score (nSPS) is 12.7. The van der Waals surface area contributed by atoms with Crippen molar-refractivity contribution in [3.63, 3.8) is 0 Å². The van der Waals surface area contributed by atoms with Crippen LogP contribution in [0.15, 0.2) is 30.5 Å². The van der Waals surface area contributed by atoms with Crippen LogP contribution in [-0.4, -0.2) is 11.0 Å². The standard InChI is InChI=1S/C13H15ClN2/c1-3-9(2)16-12-7-6-11(14)13-10(12)5-4-8-15-13/h4-9,16H,3H2,1-2H3. The number of pyridine rings is 1. The second-order valence-electron chi connectivity index (χ2n) is 3.95. The highest BCUT2D eigenvalue weighted by Gasteiger charge is 2.06. The van der Waals surface area contributed by atoms with E-state index in [0.29, 0.717) is 11.1 Å². The molecule has 2 aromatic rings. The van der Waals surface area contributed by atoms with Crippen LogP contribution in [0.5, 0.6) is 0 Å². The molecule has 3 heteroatoms. The number of anilines is 1. The van der Waals surface area contributed by atoms with Crippen molar-refractivity contribution in [2.75, 3.05) is 5.32 Å². The van der Waals surface area contributed by atoms with Gasteiger partial charge in [0.1, 0.15) is 0 Å². The molecule has 84 valence electrons. The monoisotopic (exact) mass is 234 g/mol. The van der Waals surface area contributed by atoms with Crippen molar-refractivity contribution in [1.29, 1.82) is 0 Å². The number of aromatic nitrogens is 1. The van der Waals surface area contributed by atoms with Gasteiger partial charge in [-0.05, 0) is 37.6 Å². The van der Waals surface area contributed by atoms with Gasteiger partial charge >= 0.3 is 0 Å². The van der Waals surface area contributed by atoms with Crippen molar-refractivity contribution >= 4 is 28.2 Å². The van der Waals surface area contributed by atoms with Crippen molar-refractivity contribution in [3.05, 3.63) is 35.5 Å². The van der Waals surface area contributed by atoms with Crippen molar-refractivity contribution in [3.8, 4) is 0 Å². The van der Waals surface area contributed by atoms with Crippen LogP contribution in [0.1, 0.15) is 20.3 Å². The van der Waals surface area contributed by atoms with Gasteiger partial charge in [0.25, 0.3) is 0 Å². The smallest absolute Gasteiger partial charge is 0.0908 e. The molecular formula is C13H15ClN2. The largest absolute Gasteiger partial charge is 0.382 e. The number of nitrogens with one attached hydrogen (secondary N) is 1. The Morgan fingerprint density at radius 2 is 2.19 bits per heavy atom. The van der Waals surface area contributed by atoms with E-state index in [4.69, 9.17) is 11.6 Å². The van der Waals surface area contributed by atoms with Crippen LogP contribution in [0.2, 0.25) is 5.02 Å². The summed E-state index contributed by atoms with van der Waals surface area (Å²) in [5, 5.41) is 5.24. The molecule has 0 saturated carbocycles. The van der Waals surface area contributed by atoms with Crippen LogP contribution in [0, 0.1) is 0 Å². The lowest BCUT2D eigenvalue weighted by atomic mass is 10.1. The molecule has 0 aliphatic heterocycles. The average molecular weight is 235 g/mol. The molecule has 1 N–H and O–H groups in total. The Morgan fingerprint density at radius 1 is 1.38 bits per heavy atom. The minimum Gasteiger partial charge on any atom is -0.382 e. The van der Waals surface area contributed by atoms with Gasteiger partial charge in [0.15, 0.2) is 0 Å². The minimum absolute atomic E-state index is 0.449. The van der Waals surface area contributed by atoms with Gasteiger partial charge in [0.2, 0.25) is 0 Å². The summed E-state index contributed by atoms with van der Waals surface area (Å²) in [4.78, 5) is 4.30. The fourth-order valence-corrected chi connectivity index (χ4v) is 1.85. The SMILES string of the molecule is CCC(C)Nc1ccc(Cl)c2ncccc12. The summed E-state index contributed by atoms with van der Waals surface area (Å²) in [6.07, 6.45) is 2.85. The van der Waals surface area contributed by atoms with Gasteiger partial charge in [0, 0.05) is 23.3 Å². The van der Waals surface area contributed by atoms with Crippen molar-refractivity contribution in [2.24, 2.45) is 0 Å². The molecule has 1 heterocycles. The maximum atomic E-state index is 6.11. The van der Waals surface area contributed by atoms with E-state index in [2.05, 4.69) is 24.1 Å². The average Bonchev–Trinajstić information content (AvgIpc) is 2.33. The lowest BCUT2D eigenvalue weighted by Crippen LogP contribution is -2.13. The third-order valence-corrected chi connectivity index (χ3v) is 3.04. The third-order valence-electron chi connectivity index (χ3n) is 2.73. The second kappa shape index (κ2) is 4.71. The van der Waals surface area contributed by atoms with E-state index in [9.17, 15) is 0 Å². The van der Waals surface area contributed by atoms with Crippen LogP contribution in [-0.2, 0) is 0 Å². The molecular weight excluding hydrogens is 220 g/mol. The Labute approximate surface area is 101 Å². The highest BCUT2D eigenvalue weighted by Crippen LogP contribution is 2.28. The second-order valence-corrected chi connectivity index (χ2v) is 4.36. The number of hydrogen-bond acceptors (Lipinski definition) is 2. The summed E-state index contributed by atoms with van der Waals surface area (Å²) >= 11 is 6.11. The molecule has 1 aromatic carbocycles. The summed E-state index contributed by atoms with van der Waals surface area (Å²) in [7, 11) is 0. The van der Waals surface area contributed by atoms with Gasteiger partial charge in [0.05, 0.1) is 10.5 Å². The van der Waals surface area contributed by atoms with Crippen molar-refractivity contribution < 1.29 is 0 Å². The predicted molar refractivity (Wildman–Crippen MR) is 70.1 cm³/mol. The first kappa shape index (κ1) is 11.2. The summed E-state index contributed by atoms with van der Waals surface area (Å²) in [5.74, 6) is 0. The van der Waals surface area contributed by atoms with Crippen LogP contribution in [0.25, 0.3) is 10.9 Å². The fourth-order valence-electron chi connectivity index (χ4n) is 1.63. The maximum absolute atomic E-state index is 6.11. The van der Waals surface area contributed by atoms with E-state index in [1.807, 2.05) is 24.3 Å². The van der Waals surface area contributed by atoms with E-state index in [0.717, 1.165) is 23.0 Å². The molecule has 0 spiro atoms. The highest BCUT2D eigenvalue weighted by atomic mass is 35.5. The quantitative estimate of drug-likeness (QED) is 0.865. The zero-order chi connectivity index (χ0) is 11.5. The van der Waals surface area contributed by atoms with E-state index >= 15 is 0 Å². The minimum atomic E-state index is 0.449. The van der Waals surface area contributed by atoms with Crippen LogP contribution in [0.4, 0.5) is 5.69 Å².